The van der Waals surface area contributed by atoms with E-state index in [9.17, 15) is 9.59 Å². The fourth-order valence-electron chi connectivity index (χ4n) is 3.62. The molecule has 6 nitrogen and oxygen atoms in total. The van der Waals surface area contributed by atoms with Crippen molar-refractivity contribution in [2.45, 2.75) is 46.1 Å². The third kappa shape index (κ3) is 5.62. The van der Waals surface area contributed by atoms with E-state index in [1.807, 2.05) is 0 Å². The van der Waals surface area contributed by atoms with E-state index in [0.29, 0.717) is 29.3 Å². The highest BCUT2D eigenvalue weighted by Crippen LogP contribution is 2.35. The number of benzene rings is 1. The zero-order valence-corrected chi connectivity index (χ0v) is 16.8. The topological polar surface area (TPSA) is 71.1 Å². The monoisotopic (exact) mass is 378 g/mol. The molecule has 1 aliphatic rings. The van der Waals surface area contributed by atoms with Gasteiger partial charge in [-0.2, -0.15) is 0 Å². The molecule has 0 spiro atoms. The summed E-state index contributed by atoms with van der Waals surface area (Å²) in [5.41, 5.74) is 0.234. The van der Waals surface area contributed by atoms with Gasteiger partial charge >= 0.3 is 11.9 Å². The van der Waals surface area contributed by atoms with Gasteiger partial charge < -0.3 is 18.9 Å². The zero-order valence-electron chi connectivity index (χ0n) is 16.8. The van der Waals surface area contributed by atoms with Crippen molar-refractivity contribution >= 4 is 11.9 Å². The summed E-state index contributed by atoms with van der Waals surface area (Å²) in [6.07, 6.45) is 2.95. The second kappa shape index (κ2) is 9.62. The van der Waals surface area contributed by atoms with Gasteiger partial charge in [0.15, 0.2) is 6.61 Å². The Balaban J connectivity index is 1.93. The molecule has 0 radical (unpaired) electrons. The fraction of sp³-hybridized carbons (Fsp3) is 0.619. The molecule has 2 rings (SSSR count). The molecule has 0 heterocycles. The van der Waals surface area contributed by atoms with Gasteiger partial charge in [-0.25, -0.2) is 9.59 Å². The first-order valence-electron chi connectivity index (χ1n) is 9.44. The molecule has 0 aromatic heterocycles. The normalized spacial score (nSPS) is 22.2. The van der Waals surface area contributed by atoms with Crippen LogP contribution in [-0.2, 0) is 14.3 Å². The maximum Gasteiger partial charge on any atom is 0.344 e. The van der Waals surface area contributed by atoms with Gasteiger partial charge in [-0.1, -0.05) is 27.2 Å². The van der Waals surface area contributed by atoms with Gasteiger partial charge in [0.25, 0.3) is 0 Å². The molecule has 1 saturated carbocycles. The van der Waals surface area contributed by atoms with E-state index in [2.05, 4.69) is 20.8 Å². The number of carbonyl (C=O) groups is 2. The second-order valence-corrected chi connectivity index (χ2v) is 7.50. The lowest BCUT2D eigenvalue weighted by Crippen LogP contribution is -2.36. The lowest BCUT2D eigenvalue weighted by Gasteiger charge is -2.36. The number of hydrogen-bond donors (Lipinski definition) is 0. The van der Waals surface area contributed by atoms with E-state index in [4.69, 9.17) is 18.9 Å². The van der Waals surface area contributed by atoms with Crippen molar-refractivity contribution < 1.29 is 28.5 Å². The Morgan fingerprint density at radius 2 is 1.89 bits per heavy atom. The molecule has 0 unspecified atom stereocenters. The SMILES string of the molecule is COc1ccc(C(=O)OCC(=O)O[C@H]2C[C@@H](C)CC[C@@H]2C(C)C)c(OC)c1. The molecule has 6 heteroatoms. The van der Waals surface area contributed by atoms with Crippen LogP contribution in [0.1, 0.15) is 50.4 Å². The molecule has 1 aromatic rings. The lowest BCUT2D eigenvalue weighted by molar-refractivity contribution is -0.159. The zero-order chi connectivity index (χ0) is 20.0. The Labute approximate surface area is 161 Å². The number of esters is 2. The Hall–Kier alpha value is -2.24. The van der Waals surface area contributed by atoms with Crippen LogP contribution in [0.25, 0.3) is 0 Å². The summed E-state index contributed by atoms with van der Waals surface area (Å²) in [5.74, 6) is 1.07. The first kappa shape index (κ1) is 21.1. The van der Waals surface area contributed by atoms with Crippen molar-refractivity contribution in [3.8, 4) is 11.5 Å². The van der Waals surface area contributed by atoms with E-state index < -0.39 is 18.5 Å². The Morgan fingerprint density at radius 1 is 1.15 bits per heavy atom. The number of ether oxygens (including phenoxy) is 4. The second-order valence-electron chi connectivity index (χ2n) is 7.50. The minimum Gasteiger partial charge on any atom is -0.497 e. The third-order valence-electron chi connectivity index (χ3n) is 5.19. The van der Waals surface area contributed by atoms with Crippen molar-refractivity contribution in [2.75, 3.05) is 20.8 Å². The maximum atomic E-state index is 12.3. The largest absolute Gasteiger partial charge is 0.497 e. The number of rotatable bonds is 7. The van der Waals surface area contributed by atoms with Crippen molar-refractivity contribution in [1.29, 1.82) is 0 Å². The Bertz CT molecular complexity index is 654. The Kier molecular flexibility index (Phi) is 7.51. The summed E-state index contributed by atoms with van der Waals surface area (Å²) in [5, 5.41) is 0. The molecule has 0 amide bonds. The van der Waals surface area contributed by atoms with Crippen molar-refractivity contribution in [3.63, 3.8) is 0 Å². The Morgan fingerprint density at radius 3 is 2.52 bits per heavy atom. The highest BCUT2D eigenvalue weighted by Gasteiger charge is 2.33. The van der Waals surface area contributed by atoms with Gasteiger partial charge in [0.05, 0.1) is 14.2 Å². The molecule has 1 aliphatic carbocycles. The molecule has 150 valence electrons. The van der Waals surface area contributed by atoms with Crippen LogP contribution >= 0.6 is 0 Å². The van der Waals surface area contributed by atoms with Crippen molar-refractivity contribution in [2.24, 2.45) is 17.8 Å². The minimum absolute atomic E-state index is 0.115. The summed E-state index contributed by atoms with van der Waals surface area (Å²) in [6.45, 7) is 6.06. The molecule has 3 atom stereocenters. The summed E-state index contributed by atoms with van der Waals surface area (Å²) >= 11 is 0. The van der Waals surface area contributed by atoms with Gasteiger partial charge in [0.2, 0.25) is 0 Å². The molecule has 0 saturated heterocycles. The molecule has 0 aliphatic heterocycles. The molecular formula is C21H30O6. The van der Waals surface area contributed by atoms with Gasteiger partial charge in [0.1, 0.15) is 23.2 Å². The number of carbonyl (C=O) groups excluding carboxylic acids is 2. The fourth-order valence-corrected chi connectivity index (χ4v) is 3.62. The van der Waals surface area contributed by atoms with E-state index in [-0.39, 0.29) is 11.7 Å². The van der Waals surface area contributed by atoms with E-state index >= 15 is 0 Å². The van der Waals surface area contributed by atoms with Crippen LogP contribution in [0.5, 0.6) is 11.5 Å². The van der Waals surface area contributed by atoms with Crippen LogP contribution in [-0.4, -0.2) is 38.9 Å². The average Bonchev–Trinajstić information content (AvgIpc) is 2.65. The molecule has 1 fully saturated rings. The van der Waals surface area contributed by atoms with Gasteiger partial charge in [-0.05, 0) is 42.7 Å². The molecular weight excluding hydrogens is 348 g/mol. The van der Waals surface area contributed by atoms with E-state index in [0.717, 1.165) is 19.3 Å². The first-order chi connectivity index (χ1) is 12.8. The summed E-state index contributed by atoms with van der Waals surface area (Å²) in [6, 6.07) is 4.77. The van der Waals surface area contributed by atoms with Crippen LogP contribution in [0.3, 0.4) is 0 Å². The van der Waals surface area contributed by atoms with Crippen LogP contribution in [0.2, 0.25) is 0 Å². The highest BCUT2D eigenvalue weighted by molar-refractivity contribution is 5.93. The van der Waals surface area contributed by atoms with Crippen LogP contribution in [0.15, 0.2) is 18.2 Å². The van der Waals surface area contributed by atoms with E-state index in [1.54, 1.807) is 18.2 Å². The van der Waals surface area contributed by atoms with Crippen molar-refractivity contribution in [1.82, 2.24) is 0 Å². The van der Waals surface area contributed by atoms with Gasteiger partial charge in [-0.15, -0.1) is 0 Å². The smallest absolute Gasteiger partial charge is 0.344 e. The van der Waals surface area contributed by atoms with Crippen molar-refractivity contribution in [3.05, 3.63) is 23.8 Å². The number of hydrogen-bond acceptors (Lipinski definition) is 6. The predicted molar refractivity (Wildman–Crippen MR) is 101 cm³/mol. The lowest BCUT2D eigenvalue weighted by atomic mass is 9.75. The van der Waals surface area contributed by atoms with Crippen LogP contribution in [0.4, 0.5) is 0 Å². The number of methoxy groups -OCH3 is 2. The molecule has 27 heavy (non-hydrogen) atoms. The van der Waals surface area contributed by atoms with Crippen LogP contribution < -0.4 is 9.47 Å². The molecule has 0 N–H and O–H groups in total. The average molecular weight is 378 g/mol. The first-order valence-corrected chi connectivity index (χ1v) is 9.44. The predicted octanol–water partition coefficient (Wildman–Crippen LogP) is 3.86. The molecule has 0 bridgehead atoms. The molecule has 1 aromatic carbocycles. The summed E-state index contributed by atoms with van der Waals surface area (Å²) in [4.78, 5) is 24.5. The maximum absolute atomic E-state index is 12.3. The van der Waals surface area contributed by atoms with Crippen LogP contribution in [0, 0.1) is 17.8 Å². The summed E-state index contributed by atoms with van der Waals surface area (Å²) < 4.78 is 21.1. The quantitative estimate of drug-likeness (QED) is 0.671. The highest BCUT2D eigenvalue weighted by atomic mass is 16.6. The van der Waals surface area contributed by atoms with E-state index in [1.165, 1.54) is 14.2 Å². The van der Waals surface area contributed by atoms with Gasteiger partial charge in [-0.3, -0.25) is 0 Å². The summed E-state index contributed by atoms with van der Waals surface area (Å²) in [7, 11) is 2.98. The minimum atomic E-state index is -0.635. The third-order valence-corrected chi connectivity index (χ3v) is 5.19. The standard InChI is InChI=1S/C21H30O6/c1-13(2)16-8-6-14(3)10-19(16)27-20(22)12-26-21(23)17-9-7-15(24-4)11-18(17)25-5/h7,9,11,13-14,16,19H,6,8,10,12H2,1-5H3/t14-,16+,19-/m0/s1. The van der Waals surface area contributed by atoms with Gasteiger partial charge in [0, 0.05) is 6.07 Å².